The Morgan fingerprint density at radius 2 is 2.00 bits per heavy atom. The molecule has 0 atom stereocenters. The van der Waals surface area contributed by atoms with Crippen LogP contribution >= 0.6 is 0 Å². The highest BCUT2D eigenvalue weighted by Gasteiger charge is 2.13. The molecule has 0 bridgehead atoms. The minimum absolute atomic E-state index is 0.0158. The van der Waals surface area contributed by atoms with Crippen LogP contribution in [0.15, 0.2) is 35.5 Å². The summed E-state index contributed by atoms with van der Waals surface area (Å²) in [5, 5.41) is 0.733. The van der Waals surface area contributed by atoms with Gasteiger partial charge >= 0.3 is 0 Å². The SMILES string of the molecule is Cc1cc(F)c(N)cc1-c1cc2cncnc2n(C)c1=O. The van der Waals surface area contributed by atoms with Gasteiger partial charge in [-0.15, -0.1) is 0 Å². The Morgan fingerprint density at radius 1 is 1.24 bits per heavy atom. The number of halogens is 1. The van der Waals surface area contributed by atoms with Crippen LogP contribution in [0.2, 0.25) is 0 Å². The molecular weight excluding hydrogens is 271 g/mol. The van der Waals surface area contributed by atoms with E-state index in [0.717, 1.165) is 5.39 Å². The van der Waals surface area contributed by atoms with Crippen LogP contribution in [0, 0.1) is 12.7 Å². The van der Waals surface area contributed by atoms with Crippen molar-refractivity contribution < 1.29 is 4.39 Å². The summed E-state index contributed by atoms with van der Waals surface area (Å²) >= 11 is 0. The second-order valence-corrected chi connectivity index (χ2v) is 4.91. The third-order valence-electron chi connectivity index (χ3n) is 3.50. The zero-order valence-electron chi connectivity index (χ0n) is 11.6. The van der Waals surface area contributed by atoms with Gasteiger partial charge in [0.15, 0.2) is 0 Å². The van der Waals surface area contributed by atoms with Gasteiger partial charge in [-0.2, -0.15) is 0 Å². The van der Waals surface area contributed by atoms with Crippen LogP contribution in [-0.2, 0) is 7.05 Å². The van der Waals surface area contributed by atoms with Crippen molar-refractivity contribution in [3.8, 4) is 11.1 Å². The third-order valence-corrected chi connectivity index (χ3v) is 3.50. The first-order valence-electron chi connectivity index (χ1n) is 6.35. The molecule has 106 valence electrons. The van der Waals surface area contributed by atoms with Gasteiger partial charge in [0.2, 0.25) is 0 Å². The third kappa shape index (κ3) is 2.05. The minimum Gasteiger partial charge on any atom is -0.396 e. The number of nitrogen functional groups attached to an aromatic ring is 1. The topological polar surface area (TPSA) is 73.8 Å². The Labute approximate surface area is 119 Å². The number of anilines is 1. The lowest BCUT2D eigenvalue weighted by Gasteiger charge is -2.11. The number of pyridine rings is 1. The van der Waals surface area contributed by atoms with Crippen molar-refractivity contribution in [1.82, 2.24) is 14.5 Å². The molecule has 0 fully saturated rings. The molecule has 0 aliphatic heterocycles. The average Bonchev–Trinajstić information content (AvgIpc) is 2.47. The molecular formula is C15H13FN4O. The van der Waals surface area contributed by atoms with Gasteiger partial charge < -0.3 is 5.73 Å². The summed E-state index contributed by atoms with van der Waals surface area (Å²) in [4.78, 5) is 20.6. The van der Waals surface area contributed by atoms with Crippen LogP contribution in [0.25, 0.3) is 22.2 Å². The van der Waals surface area contributed by atoms with Gasteiger partial charge in [0.25, 0.3) is 5.56 Å². The van der Waals surface area contributed by atoms with Gasteiger partial charge in [-0.3, -0.25) is 9.36 Å². The van der Waals surface area contributed by atoms with Crippen molar-refractivity contribution in [2.75, 3.05) is 5.73 Å². The fraction of sp³-hybridized carbons (Fsp3) is 0.133. The normalized spacial score (nSPS) is 11.0. The standard InChI is InChI=1S/C15H13FN4O/c1-8-3-12(16)13(17)5-10(8)11-4-9-6-18-7-19-14(9)20(2)15(11)21/h3-7H,17H2,1-2H3. The highest BCUT2D eigenvalue weighted by Crippen LogP contribution is 2.26. The number of aromatic nitrogens is 3. The van der Waals surface area contributed by atoms with E-state index in [9.17, 15) is 9.18 Å². The lowest BCUT2D eigenvalue weighted by atomic mass is 10.00. The lowest BCUT2D eigenvalue weighted by molar-refractivity contribution is 0.631. The van der Waals surface area contributed by atoms with Crippen LogP contribution in [0.5, 0.6) is 0 Å². The van der Waals surface area contributed by atoms with Crippen molar-refractivity contribution >= 4 is 16.7 Å². The largest absolute Gasteiger partial charge is 0.396 e. The molecule has 0 saturated heterocycles. The van der Waals surface area contributed by atoms with E-state index < -0.39 is 5.82 Å². The monoisotopic (exact) mass is 284 g/mol. The predicted molar refractivity (Wildman–Crippen MR) is 79.3 cm³/mol. The highest BCUT2D eigenvalue weighted by molar-refractivity contribution is 5.82. The fourth-order valence-corrected chi connectivity index (χ4v) is 2.38. The van der Waals surface area contributed by atoms with E-state index in [1.54, 1.807) is 26.2 Å². The minimum atomic E-state index is -0.489. The maximum Gasteiger partial charge on any atom is 0.259 e. The van der Waals surface area contributed by atoms with E-state index in [4.69, 9.17) is 5.73 Å². The number of fused-ring (bicyclic) bond motifs is 1. The van der Waals surface area contributed by atoms with Gasteiger partial charge in [0.1, 0.15) is 17.8 Å². The van der Waals surface area contributed by atoms with Crippen LogP contribution in [-0.4, -0.2) is 14.5 Å². The zero-order valence-corrected chi connectivity index (χ0v) is 11.6. The number of benzene rings is 1. The van der Waals surface area contributed by atoms with E-state index in [0.29, 0.717) is 22.3 Å². The van der Waals surface area contributed by atoms with E-state index in [2.05, 4.69) is 9.97 Å². The van der Waals surface area contributed by atoms with Gasteiger partial charge in [-0.1, -0.05) is 0 Å². The molecule has 1 aromatic carbocycles. The first-order chi connectivity index (χ1) is 9.99. The molecule has 0 aliphatic carbocycles. The maximum atomic E-state index is 13.5. The summed E-state index contributed by atoms with van der Waals surface area (Å²) in [6.45, 7) is 1.74. The first kappa shape index (κ1) is 13.2. The van der Waals surface area contributed by atoms with Gasteiger partial charge in [-0.25, -0.2) is 14.4 Å². The number of nitrogens with two attached hydrogens (primary N) is 1. The first-order valence-corrected chi connectivity index (χ1v) is 6.35. The Morgan fingerprint density at radius 3 is 2.76 bits per heavy atom. The van der Waals surface area contributed by atoms with Crippen molar-refractivity contribution in [3.63, 3.8) is 0 Å². The smallest absolute Gasteiger partial charge is 0.259 e. The van der Waals surface area contributed by atoms with Crippen LogP contribution in [0.1, 0.15) is 5.56 Å². The average molecular weight is 284 g/mol. The van der Waals surface area contributed by atoms with Gasteiger partial charge in [-0.05, 0) is 36.2 Å². The molecule has 0 saturated carbocycles. The molecule has 0 amide bonds. The molecule has 0 aliphatic rings. The van der Waals surface area contributed by atoms with Crippen molar-refractivity contribution in [2.24, 2.45) is 7.05 Å². The number of rotatable bonds is 1. The molecule has 0 spiro atoms. The van der Waals surface area contributed by atoms with Crippen molar-refractivity contribution in [3.05, 3.63) is 52.5 Å². The molecule has 0 radical (unpaired) electrons. The Bertz CT molecular complexity index is 917. The van der Waals surface area contributed by atoms with Crippen LogP contribution in [0.4, 0.5) is 10.1 Å². The molecule has 0 unspecified atom stereocenters. The maximum absolute atomic E-state index is 13.5. The van der Waals surface area contributed by atoms with E-state index in [1.165, 1.54) is 23.0 Å². The number of aryl methyl sites for hydroxylation is 2. The molecule has 2 aromatic heterocycles. The molecule has 3 rings (SSSR count). The molecule has 2 heterocycles. The van der Waals surface area contributed by atoms with Gasteiger partial charge in [0.05, 0.1) is 5.69 Å². The zero-order chi connectivity index (χ0) is 15.1. The summed E-state index contributed by atoms with van der Waals surface area (Å²) in [6.07, 6.45) is 3.02. The Balaban J connectivity index is 2.38. The lowest BCUT2D eigenvalue weighted by Crippen LogP contribution is -2.20. The van der Waals surface area contributed by atoms with E-state index >= 15 is 0 Å². The molecule has 5 nitrogen and oxygen atoms in total. The molecule has 2 N–H and O–H groups in total. The number of hydrogen-bond acceptors (Lipinski definition) is 4. The molecule has 21 heavy (non-hydrogen) atoms. The summed E-state index contributed by atoms with van der Waals surface area (Å²) < 4.78 is 14.9. The fourth-order valence-electron chi connectivity index (χ4n) is 2.38. The Hall–Kier alpha value is -2.76. The number of hydrogen-bond donors (Lipinski definition) is 1. The second-order valence-electron chi connectivity index (χ2n) is 4.91. The Kier molecular flexibility index (Phi) is 2.94. The van der Waals surface area contributed by atoms with E-state index in [-0.39, 0.29) is 11.2 Å². The van der Waals surface area contributed by atoms with Gasteiger partial charge in [0, 0.05) is 24.2 Å². The molecule has 6 heteroatoms. The summed E-state index contributed by atoms with van der Waals surface area (Å²) in [5.41, 5.74) is 7.68. The highest BCUT2D eigenvalue weighted by atomic mass is 19.1. The van der Waals surface area contributed by atoms with Crippen LogP contribution in [0.3, 0.4) is 0 Å². The van der Waals surface area contributed by atoms with Crippen molar-refractivity contribution in [1.29, 1.82) is 0 Å². The summed E-state index contributed by atoms with van der Waals surface area (Å²) in [6, 6.07) is 4.52. The van der Waals surface area contributed by atoms with Crippen LogP contribution < -0.4 is 11.3 Å². The summed E-state index contributed by atoms with van der Waals surface area (Å²) in [7, 11) is 1.64. The van der Waals surface area contributed by atoms with E-state index in [1.807, 2.05) is 0 Å². The summed E-state index contributed by atoms with van der Waals surface area (Å²) in [5.74, 6) is -0.489. The second kappa shape index (κ2) is 4.66. The molecule has 3 aromatic rings. The number of nitrogens with zero attached hydrogens (tertiary/aromatic N) is 3. The van der Waals surface area contributed by atoms with Crippen molar-refractivity contribution in [2.45, 2.75) is 6.92 Å². The quantitative estimate of drug-likeness (QED) is 0.694. The predicted octanol–water partition coefficient (Wildman–Crippen LogP) is 2.03.